The first-order valence-corrected chi connectivity index (χ1v) is 6.44. The summed E-state index contributed by atoms with van der Waals surface area (Å²) >= 11 is 0. The van der Waals surface area contributed by atoms with Gasteiger partial charge in [0.1, 0.15) is 12.2 Å². The van der Waals surface area contributed by atoms with Crippen molar-refractivity contribution in [2.45, 2.75) is 26.4 Å². The zero-order valence-electron chi connectivity index (χ0n) is 12.6. The number of carbonyl (C=O) groups is 2. The molecule has 0 fully saturated rings. The number of benzene rings is 1. The Morgan fingerprint density at radius 2 is 2.05 bits per heavy atom. The summed E-state index contributed by atoms with van der Waals surface area (Å²) in [6.45, 7) is 8.42. The maximum atomic E-state index is 14.0. The standard InChI is InChI=1S/C15H18FNO5/c1-5-6-21-14(20)17-11-8-10(16)12(22-15(2,3)4)7-9(11)13(18)19/h5,7-8H,1,6H2,2-4H3,(H,17,20)(H,18,19). The van der Waals surface area contributed by atoms with Crippen LogP contribution in [0.3, 0.4) is 0 Å². The van der Waals surface area contributed by atoms with Crippen molar-refractivity contribution in [3.63, 3.8) is 0 Å². The lowest BCUT2D eigenvalue weighted by Crippen LogP contribution is -2.24. The third kappa shape index (κ3) is 5.08. The van der Waals surface area contributed by atoms with Crippen molar-refractivity contribution >= 4 is 17.7 Å². The van der Waals surface area contributed by atoms with Gasteiger partial charge in [-0.15, -0.1) is 0 Å². The highest BCUT2D eigenvalue weighted by molar-refractivity contribution is 5.99. The highest BCUT2D eigenvalue weighted by Gasteiger charge is 2.21. The van der Waals surface area contributed by atoms with E-state index in [-0.39, 0.29) is 23.6 Å². The molecule has 0 aromatic heterocycles. The van der Waals surface area contributed by atoms with Crippen molar-refractivity contribution in [3.8, 4) is 5.75 Å². The Hall–Kier alpha value is -2.57. The molecule has 7 heteroatoms. The third-order valence-corrected chi connectivity index (χ3v) is 2.29. The number of hydrogen-bond acceptors (Lipinski definition) is 4. The number of carboxylic acids is 1. The molecule has 2 N–H and O–H groups in total. The molecule has 1 aromatic rings. The molecule has 0 radical (unpaired) electrons. The molecule has 0 unspecified atom stereocenters. The fourth-order valence-electron chi connectivity index (χ4n) is 1.52. The highest BCUT2D eigenvalue weighted by atomic mass is 19.1. The lowest BCUT2D eigenvalue weighted by molar-refractivity contribution is 0.0695. The van der Waals surface area contributed by atoms with E-state index < -0.39 is 23.5 Å². The van der Waals surface area contributed by atoms with E-state index in [1.54, 1.807) is 20.8 Å². The lowest BCUT2D eigenvalue weighted by Gasteiger charge is -2.22. The van der Waals surface area contributed by atoms with Gasteiger partial charge in [-0.05, 0) is 26.8 Å². The molecule has 0 saturated heterocycles. The smallest absolute Gasteiger partial charge is 0.411 e. The number of carbonyl (C=O) groups excluding carboxylic acids is 1. The molecule has 1 aromatic carbocycles. The molecule has 0 aliphatic rings. The summed E-state index contributed by atoms with van der Waals surface area (Å²) in [5.41, 5.74) is -1.23. The van der Waals surface area contributed by atoms with Crippen LogP contribution < -0.4 is 10.1 Å². The average molecular weight is 311 g/mol. The summed E-state index contributed by atoms with van der Waals surface area (Å²) in [6.07, 6.45) is 0.435. The lowest BCUT2D eigenvalue weighted by atomic mass is 10.1. The van der Waals surface area contributed by atoms with E-state index in [4.69, 9.17) is 4.74 Å². The second kappa shape index (κ2) is 6.93. The molecule has 0 heterocycles. The largest absolute Gasteiger partial charge is 0.485 e. The Labute approximate surface area is 127 Å². The molecular formula is C15H18FNO5. The van der Waals surface area contributed by atoms with Crippen molar-refractivity contribution in [2.24, 2.45) is 0 Å². The van der Waals surface area contributed by atoms with Gasteiger partial charge in [-0.2, -0.15) is 0 Å². The molecule has 0 atom stereocenters. The number of ether oxygens (including phenoxy) is 2. The summed E-state index contributed by atoms with van der Waals surface area (Å²) in [5, 5.41) is 11.4. The topological polar surface area (TPSA) is 84.9 Å². The SMILES string of the molecule is C=CCOC(=O)Nc1cc(F)c(OC(C)(C)C)cc1C(=O)O. The fraction of sp³-hybridized carbons (Fsp3) is 0.333. The van der Waals surface area contributed by atoms with Crippen LogP contribution in [-0.2, 0) is 4.74 Å². The Morgan fingerprint density at radius 1 is 1.41 bits per heavy atom. The van der Waals surface area contributed by atoms with Gasteiger partial charge in [-0.1, -0.05) is 12.7 Å². The van der Waals surface area contributed by atoms with Gasteiger partial charge >= 0.3 is 12.1 Å². The van der Waals surface area contributed by atoms with Gasteiger partial charge in [0.25, 0.3) is 0 Å². The maximum absolute atomic E-state index is 14.0. The molecule has 1 amide bonds. The van der Waals surface area contributed by atoms with Crippen LogP contribution in [0.5, 0.6) is 5.75 Å². The van der Waals surface area contributed by atoms with Gasteiger partial charge in [0.2, 0.25) is 0 Å². The minimum atomic E-state index is -1.34. The van der Waals surface area contributed by atoms with Crippen LogP contribution in [0.4, 0.5) is 14.9 Å². The first kappa shape index (κ1) is 17.5. The number of aromatic carboxylic acids is 1. The molecule has 1 rings (SSSR count). The van der Waals surface area contributed by atoms with Crippen LogP contribution >= 0.6 is 0 Å². The van der Waals surface area contributed by atoms with Gasteiger partial charge in [-0.25, -0.2) is 14.0 Å². The van der Waals surface area contributed by atoms with Crippen molar-refractivity contribution in [1.82, 2.24) is 0 Å². The molecule has 0 saturated carbocycles. The first-order chi connectivity index (χ1) is 10.1. The van der Waals surface area contributed by atoms with E-state index in [2.05, 4.69) is 16.6 Å². The van der Waals surface area contributed by atoms with Gasteiger partial charge in [0.05, 0.1) is 11.3 Å². The second-order valence-electron chi connectivity index (χ2n) is 5.36. The van der Waals surface area contributed by atoms with Crippen molar-refractivity contribution in [2.75, 3.05) is 11.9 Å². The van der Waals surface area contributed by atoms with E-state index in [1.165, 1.54) is 6.08 Å². The summed E-state index contributed by atoms with van der Waals surface area (Å²) < 4.78 is 24.0. The van der Waals surface area contributed by atoms with Crippen LogP contribution in [0.1, 0.15) is 31.1 Å². The van der Waals surface area contributed by atoms with Gasteiger partial charge in [0.15, 0.2) is 11.6 Å². The van der Waals surface area contributed by atoms with Crippen LogP contribution in [0.15, 0.2) is 24.8 Å². The second-order valence-corrected chi connectivity index (χ2v) is 5.36. The van der Waals surface area contributed by atoms with E-state index in [1.807, 2.05) is 0 Å². The van der Waals surface area contributed by atoms with Gasteiger partial charge in [-0.3, -0.25) is 5.32 Å². The number of anilines is 1. The summed E-state index contributed by atoms with van der Waals surface area (Å²) in [5.74, 6) is -2.34. The number of rotatable bonds is 5. The van der Waals surface area contributed by atoms with Crippen molar-refractivity contribution in [3.05, 3.63) is 36.2 Å². The van der Waals surface area contributed by atoms with Gasteiger partial charge in [0, 0.05) is 6.07 Å². The van der Waals surface area contributed by atoms with Gasteiger partial charge < -0.3 is 14.6 Å². The van der Waals surface area contributed by atoms with Crippen molar-refractivity contribution in [1.29, 1.82) is 0 Å². The molecule has 0 bridgehead atoms. The summed E-state index contributed by atoms with van der Waals surface area (Å²) in [4.78, 5) is 22.7. The van der Waals surface area contributed by atoms with E-state index in [9.17, 15) is 19.1 Å². The van der Waals surface area contributed by atoms with Crippen molar-refractivity contribution < 1.29 is 28.6 Å². The number of halogens is 1. The third-order valence-electron chi connectivity index (χ3n) is 2.29. The summed E-state index contributed by atoms with van der Waals surface area (Å²) in [7, 11) is 0. The number of hydrogen-bond donors (Lipinski definition) is 2. The Balaban J connectivity index is 3.12. The Kier molecular flexibility index (Phi) is 5.50. The molecular weight excluding hydrogens is 293 g/mol. The molecule has 0 aliphatic heterocycles. The minimum absolute atomic E-state index is 0.0536. The fourth-order valence-corrected chi connectivity index (χ4v) is 1.52. The average Bonchev–Trinajstić information content (AvgIpc) is 2.37. The van der Waals surface area contributed by atoms with E-state index in [0.717, 1.165) is 12.1 Å². The first-order valence-electron chi connectivity index (χ1n) is 6.44. The zero-order valence-corrected chi connectivity index (χ0v) is 12.6. The highest BCUT2D eigenvalue weighted by Crippen LogP contribution is 2.29. The molecule has 6 nitrogen and oxygen atoms in total. The molecule has 0 spiro atoms. The predicted octanol–water partition coefficient (Wildman–Crippen LogP) is 3.44. The number of nitrogens with one attached hydrogen (secondary N) is 1. The normalized spacial score (nSPS) is 10.7. The molecule has 22 heavy (non-hydrogen) atoms. The number of amides is 1. The molecule has 120 valence electrons. The van der Waals surface area contributed by atoms with Crippen LogP contribution in [0.25, 0.3) is 0 Å². The molecule has 0 aliphatic carbocycles. The monoisotopic (exact) mass is 311 g/mol. The number of carboxylic acid groups (broad SMARTS) is 1. The van der Waals surface area contributed by atoms with Crippen LogP contribution in [0.2, 0.25) is 0 Å². The maximum Gasteiger partial charge on any atom is 0.411 e. The van der Waals surface area contributed by atoms with Crippen LogP contribution in [0, 0.1) is 5.82 Å². The minimum Gasteiger partial charge on any atom is -0.485 e. The quantitative estimate of drug-likeness (QED) is 0.814. The summed E-state index contributed by atoms with van der Waals surface area (Å²) in [6, 6.07) is 1.89. The Morgan fingerprint density at radius 3 is 2.55 bits per heavy atom. The van der Waals surface area contributed by atoms with E-state index in [0.29, 0.717) is 0 Å². The van der Waals surface area contributed by atoms with Crippen LogP contribution in [-0.4, -0.2) is 29.4 Å². The Bertz CT molecular complexity index is 592. The predicted molar refractivity (Wildman–Crippen MR) is 78.9 cm³/mol. The van der Waals surface area contributed by atoms with E-state index >= 15 is 0 Å². The zero-order chi connectivity index (χ0) is 16.9.